The number of nitro groups is 1. The lowest BCUT2D eigenvalue weighted by Gasteiger charge is -2.07. The molecule has 92 valence electrons. The van der Waals surface area contributed by atoms with Gasteiger partial charge in [0.05, 0.1) is 11.0 Å². The second-order valence-electron chi connectivity index (χ2n) is 3.74. The molecule has 4 nitrogen and oxygen atoms in total. The first-order chi connectivity index (χ1) is 8.58. The van der Waals surface area contributed by atoms with E-state index in [9.17, 15) is 14.5 Å². The van der Waals surface area contributed by atoms with Crippen LogP contribution in [0, 0.1) is 22.9 Å². The van der Waals surface area contributed by atoms with E-state index in [0.29, 0.717) is 5.56 Å². The van der Waals surface area contributed by atoms with E-state index in [2.05, 4.69) is 0 Å². The van der Waals surface area contributed by atoms with Gasteiger partial charge in [0, 0.05) is 5.56 Å². The summed E-state index contributed by atoms with van der Waals surface area (Å²) >= 11 is 0. The summed E-state index contributed by atoms with van der Waals surface area (Å²) in [7, 11) is 0. The van der Waals surface area contributed by atoms with Gasteiger partial charge in [0.1, 0.15) is 5.75 Å². The lowest BCUT2D eigenvalue weighted by Crippen LogP contribution is -1.93. The fourth-order valence-corrected chi connectivity index (χ4v) is 1.50. The van der Waals surface area contributed by atoms with E-state index in [1.165, 1.54) is 18.2 Å². The zero-order valence-corrected chi connectivity index (χ0v) is 9.59. The number of hydrogen-bond donors (Lipinski definition) is 0. The summed E-state index contributed by atoms with van der Waals surface area (Å²) in [5.74, 6) is -0.242. The van der Waals surface area contributed by atoms with Crippen LogP contribution < -0.4 is 4.74 Å². The van der Waals surface area contributed by atoms with E-state index in [-0.39, 0.29) is 17.2 Å². The predicted molar refractivity (Wildman–Crippen MR) is 64.3 cm³/mol. The summed E-state index contributed by atoms with van der Waals surface area (Å²) in [6.07, 6.45) is 0. The molecule has 2 rings (SSSR count). The summed E-state index contributed by atoms with van der Waals surface area (Å²) in [6, 6.07) is 10.3. The number of ether oxygens (including phenoxy) is 1. The molecule has 0 aliphatic rings. The first kappa shape index (κ1) is 12.0. The highest BCUT2D eigenvalue weighted by Gasteiger charge is 2.12. The van der Waals surface area contributed by atoms with Gasteiger partial charge in [-0.25, -0.2) is 4.39 Å². The molecule has 0 bridgehead atoms. The summed E-state index contributed by atoms with van der Waals surface area (Å²) in [5.41, 5.74) is 0.477. The Kier molecular flexibility index (Phi) is 3.23. The molecule has 2 aromatic rings. The predicted octanol–water partition coefficient (Wildman–Crippen LogP) is 3.83. The van der Waals surface area contributed by atoms with Crippen LogP contribution in [0.4, 0.5) is 10.1 Å². The number of benzene rings is 2. The molecule has 0 heterocycles. The van der Waals surface area contributed by atoms with Crippen LogP contribution in [0.1, 0.15) is 5.56 Å². The number of aryl methyl sites for hydroxylation is 1. The van der Waals surface area contributed by atoms with Crippen molar-refractivity contribution in [3.05, 3.63) is 64.0 Å². The normalized spacial score (nSPS) is 10.1. The van der Waals surface area contributed by atoms with Crippen LogP contribution in [0.15, 0.2) is 42.5 Å². The number of hydrogen-bond acceptors (Lipinski definition) is 3. The maximum atomic E-state index is 13.4. The van der Waals surface area contributed by atoms with Gasteiger partial charge in [-0.3, -0.25) is 10.1 Å². The van der Waals surface area contributed by atoms with Gasteiger partial charge in [0.2, 0.25) is 0 Å². The minimum atomic E-state index is -0.513. The summed E-state index contributed by atoms with van der Waals surface area (Å²) in [5, 5.41) is 10.8. The second-order valence-corrected chi connectivity index (χ2v) is 3.74. The van der Waals surface area contributed by atoms with E-state index in [0.717, 1.165) is 0 Å². The monoisotopic (exact) mass is 247 g/mol. The van der Waals surface area contributed by atoms with Crippen LogP contribution in [0.25, 0.3) is 0 Å². The molecule has 2 aromatic carbocycles. The van der Waals surface area contributed by atoms with Crippen molar-refractivity contribution in [2.75, 3.05) is 0 Å². The third-order valence-corrected chi connectivity index (χ3v) is 2.44. The molecular formula is C13H10FNO3. The standard InChI is InChI=1S/C13H10FNO3/c1-9-6-7-10(8-12(9)15(16)17)18-13-5-3-2-4-11(13)14/h2-8H,1H3. The van der Waals surface area contributed by atoms with Gasteiger partial charge in [-0.1, -0.05) is 12.1 Å². The number of nitrogens with zero attached hydrogens (tertiary/aromatic N) is 1. The van der Waals surface area contributed by atoms with Crippen LogP contribution in [-0.2, 0) is 0 Å². The summed E-state index contributed by atoms with van der Waals surface area (Å²) in [6.45, 7) is 1.63. The summed E-state index contributed by atoms with van der Waals surface area (Å²) < 4.78 is 18.6. The van der Waals surface area contributed by atoms with Crippen LogP contribution in [0.2, 0.25) is 0 Å². The van der Waals surface area contributed by atoms with Crippen LogP contribution in [0.5, 0.6) is 11.5 Å². The Morgan fingerprint density at radius 3 is 2.61 bits per heavy atom. The Hall–Kier alpha value is -2.43. The van der Waals surface area contributed by atoms with Gasteiger partial charge < -0.3 is 4.74 Å². The average Bonchev–Trinajstić information content (AvgIpc) is 2.34. The quantitative estimate of drug-likeness (QED) is 0.611. The van der Waals surface area contributed by atoms with E-state index in [1.54, 1.807) is 31.2 Å². The number of nitro benzene ring substituents is 1. The van der Waals surface area contributed by atoms with Crippen molar-refractivity contribution < 1.29 is 14.1 Å². The molecule has 0 aliphatic heterocycles. The zero-order valence-electron chi connectivity index (χ0n) is 9.59. The Morgan fingerprint density at radius 1 is 1.22 bits per heavy atom. The van der Waals surface area contributed by atoms with Gasteiger partial charge in [-0.15, -0.1) is 0 Å². The molecule has 0 radical (unpaired) electrons. The maximum Gasteiger partial charge on any atom is 0.276 e. The van der Waals surface area contributed by atoms with Crippen LogP contribution >= 0.6 is 0 Å². The first-order valence-corrected chi connectivity index (χ1v) is 5.25. The van der Waals surface area contributed by atoms with Gasteiger partial charge in [-0.2, -0.15) is 0 Å². The second kappa shape index (κ2) is 4.83. The molecule has 0 aliphatic carbocycles. The fourth-order valence-electron chi connectivity index (χ4n) is 1.50. The molecule has 0 unspecified atom stereocenters. The van der Waals surface area contributed by atoms with Crippen molar-refractivity contribution in [1.82, 2.24) is 0 Å². The Labute approximate surface area is 103 Å². The number of rotatable bonds is 3. The SMILES string of the molecule is Cc1ccc(Oc2ccccc2F)cc1[N+](=O)[O-]. The highest BCUT2D eigenvalue weighted by molar-refractivity contribution is 5.46. The smallest absolute Gasteiger partial charge is 0.276 e. The third kappa shape index (κ3) is 2.45. The molecule has 0 spiro atoms. The minimum Gasteiger partial charge on any atom is -0.454 e. The Morgan fingerprint density at radius 2 is 1.94 bits per heavy atom. The number of halogens is 1. The lowest BCUT2D eigenvalue weighted by atomic mass is 10.2. The Balaban J connectivity index is 2.33. The van der Waals surface area contributed by atoms with E-state index in [1.807, 2.05) is 0 Å². The van der Waals surface area contributed by atoms with Gasteiger partial charge >= 0.3 is 0 Å². The van der Waals surface area contributed by atoms with E-state index < -0.39 is 10.7 Å². The fraction of sp³-hybridized carbons (Fsp3) is 0.0769. The van der Waals surface area contributed by atoms with Gasteiger partial charge in [0.15, 0.2) is 11.6 Å². The van der Waals surface area contributed by atoms with Crippen molar-refractivity contribution in [3.8, 4) is 11.5 Å². The molecule has 0 N–H and O–H groups in total. The largest absolute Gasteiger partial charge is 0.454 e. The van der Waals surface area contributed by atoms with Crippen molar-refractivity contribution >= 4 is 5.69 Å². The maximum absolute atomic E-state index is 13.4. The number of para-hydroxylation sites is 1. The molecule has 0 atom stereocenters. The minimum absolute atomic E-state index is 0.0376. The molecule has 18 heavy (non-hydrogen) atoms. The Bertz CT molecular complexity index is 599. The van der Waals surface area contributed by atoms with Crippen molar-refractivity contribution in [3.63, 3.8) is 0 Å². The molecule has 5 heteroatoms. The highest BCUT2D eigenvalue weighted by Crippen LogP contribution is 2.28. The van der Waals surface area contributed by atoms with Crippen molar-refractivity contribution in [2.24, 2.45) is 0 Å². The highest BCUT2D eigenvalue weighted by atomic mass is 19.1. The molecule has 0 saturated carbocycles. The first-order valence-electron chi connectivity index (χ1n) is 5.25. The van der Waals surface area contributed by atoms with E-state index >= 15 is 0 Å². The van der Waals surface area contributed by atoms with E-state index in [4.69, 9.17) is 4.74 Å². The zero-order chi connectivity index (χ0) is 13.1. The molecule has 0 aromatic heterocycles. The summed E-state index contributed by atoms with van der Waals surface area (Å²) in [4.78, 5) is 10.3. The average molecular weight is 247 g/mol. The van der Waals surface area contributed by atoms with Crippen LogP contribution in [-0.4, -0.2) is 4.92 Å². The lowest BCUT2D eigenvalue weighted by molar-refractivity contribution is -0.385. The van der Waals surface area contributed by atoms with Crippen LogP contribution in [0.3, 0.4) is 0 Å². The molecular weight excluding hydrogens is 237 g/mol. The topological polar surface area (TPSA) is 52.4 Å². The molecule has 0 fully saturated rings. The third-order valence-electron chi connectivity index (χ3n) is 2.44. The van der Waals surface area contributed by atoms with Gasteiger partial charge in [-0.05, 0) is 31.2 Å². The molecule has 0 saturated heterocycles. The van der Waals surface area contributed by atoms with Crippen molar-refractivity contribution in [1.29, 1.82) is 0 Å². The molecule has 0 amide bonds. The van der Waals surface area contributed by atoms with Crippen molar-refractivity contribution in [2.45, 2.75) is 6.92 Å². The van der Waals surface area contributed by atoms with Gasteiger partial charge in [0.25, 0.3) is 5.69 Å².